The van der Waals surface area contributed by atoms with Crippen molar-refractivity contribution in [2.45, 2.75) is 29.6 Å². The SMILES string of the molecule is COC(=O)C(=C(C)C)N1C(=O)C(NC(=O)c2ccccc2)C1SSc1nc2ccccc2s1. The lowest BCUT2D eigenvalue weighted by Gasteiger charge is -2.46. The van der Waals surface area contributed by atoms with Gasteiger partial charge in [0.1, 0.15) is 17.1 Å². The van der Waals surface area contributed by atoms with Gasteiger partial charge in [0.05, 0.1) is 17.3 Å². The number of hydrogen-bond acceptors (Lipinski definition) is 8. The summed E-state index contributed by atoms with van der Waals surface area (Å²) >= 11 is 1.55. The van der Waals surface area contributed by atoms with E-state index in [4.69, 9.17) is 4.74 Å². The minimum Gasteiger partial charge on any atom is -0.464 e. The number of hydrogen-bond donors (Lipinski definition) is 1. The lowest BCUT2D eigenvalue weighted by molar-refractivity contribution is -0.149. The maximum absolute atomic E-state index is 13.1. The van der Waals surface area contributed by atoms with Crippen molar-refractivity contribution in [3.8, 4) is 0 Å². The van der Waals surface area contributed by atoms with Crippen LogP contribution in [0.5, 0.6) is 0 Å². The Morgan fingerprint density at radius 2 is 1.79 bits per heavy atom. The van der Waals surface area contributed by atoms with Crippen LogP contribution in [0.4, 0.5) is 0 Å². The van der Waals surface area contributed by atoms with Gasteiger partial charge in [-0.25, -0.2) is 9.78 Å². The summed E-state index contributed by atoms with van der Waals surface area (Å²) in [4.78, 5) is 44.3. The number of amides is 2. The fourth-order valence-electron chi connectivity index (χ4n) is 3.36. The molecule has 2 atom stereocenters. The number of para-hydroxylation sites is 1. The number of likely N-dealkylation sites (tertiary alicyclic amines) is 1. The number of nitrogens with one attached hydrogen (secondary N) is 1. The van der Waals surface area contributed by atoms with E-state index in [1.807, 2.05) is 30.3 Å². The lowest BCUT2D eigenvalue weighted by Crippen LogP contribution is -2.69. The minimum atomic E-state index is -0.788. The fraction of sp³-hybridized carbons (Fsp3) is 0.217. The predicted octanol–water partition coefficient (Wildman–Crippen LogP) is 4.47. The second kappa shape index (κ2) is 9.98. The van der Waals surface area contributed by atoms with E-state index in [-0.39, 0.29) is 17.5 Å². The van der Waals surface area contributed by atoms with Crippen LogP contribution in [0.2, 0.25) is 0 Å². The molecule has 33 heavy (non-hydrogen) atoms. The van der Waals surface area contributed by atoms with Gasteiger partial charge in [0.25, 0.3) is 11.8 Å². The van der Waals surface area contributed by atoms with E-state index in [1.165, 1.54) is 33.6 Å². The van der Waals surface area contributed by atoms with Crippen molar-refractivity contribution < 1.29 is 19.1 Å². The molecule has 1 aliphatic rings. The second-order valence-electron chi connectivity index (χ2n) is 7.38. The second-order valence-corrected chi connectivity index (χ2v) is 11.0. The number of carbonyl (C=O) groups is 3. The number of β-lactam (4-membered cyclic amide) rings is 1. The van der Waals surface area contributed by atoms with Crippen molar-refractivity contribution in [2.24, 2.45) is 0 Å². The quantitative estimate of drug-likeness (QED) is 0.222. The number of thiazole rings is 1. The number of allylic oxidation sites excluding steroid dienone is 1. The van der Waals surface area contributed by atoms with Crippen LogP contribution < -0.4 is 5.32 Å². The number of nitrogens with zero attached hydrogens (tertiary/aromatic N) is 2. The molecule has 0 aliphatic carbocycles. The van der Waals surface area contributed by atoms with Crippen LogP contribution in [0, 0.1) is 0 Å². The molecule has 3 aromatic rings. The van der Waals surface area contributed by atoms with Gasteiger partial charge in [0.2, 0.25) is 0 Å². The first-order chi connectivity index (χ1) is 15.9. The molecule has 1 fully saturated rings. The predicted molar refractivity (Wildman–Crippen MR) is 132 cm³/mol. The van der Waals surface area contributed by atoms with Gasteiger partial charge in [-0.05, 0) is 54.5 Å². The molecule has 1 aliphatic heterocycles. The third kappa shape index (κ3) is 4.78. The number of rotatable bonds is 7. The highest BCUT2D eigenvalue weighted by molar-refractivity contribution is 8.77. The zero-order valence-corrected chi connectivity index (χ0v) is 20.6. The average molecular weight is 500 g/mol. The highest BCUT2D eigenvalue weighted by Gasteiger charge is 2.52. The molecule has 10 heteroatoms. The largest absolute Gasteiger partial charge is 0.464 e. The normalized spacial score (nSPS) is 17.4. The van der Waals surface area contributed by atoms with Crippen molar-refractivity contribution in [2.75, 3.05) is 7.11 Å². The number of methoxy groups -OCH3 is 1. The van der Waals surface area contributed by atoms with Crippen LogP contribution in [0.3, 0.4) is 0 Å². The number of benzene rings is 2. The molecule has 2 amide bonds. The van der Waals surface area contributed by atoms with Gasteiger partial charge in [0.15, 0.2) is 4.34 Å². The van der Waals surface area contributed by atoms with Gasteiger partial charge >= 0.3 is 5.97 Å². The number of fused-ring (bicyclic) bond motifs is 1. The molecule has 1 saturated heterocycles. The van der Waals surface area contributed by atoms with Crippen molar-refractivity contribution >= 4 is 60.9 Å². The van der Waals surface area contributed by atoms with Crippen molar-refractivity contribution in [3.05, 3.63) is 71.4 Å². The molecule has 0 saturated carbocycles. The highest BCUT2D eigenvalue weighted by Crippen LogP contribution is 2.45. The van der Waals surface area contributed by atoms with Crippen molar-refractivity contribution in [3.63, 3.8) is 0 Å². The maximum Gasteiger partial charge on any atom is 0.354 e. The number of carbonyl (C=O) groups excluding carboxylic acids is 3. The molecule has 7 nitrogen and oxygen atoms in total. The fourth-order valence-corrected chi connectivity index (χ4v) is 7.28. The summed E-state index contributed by atoms with van der Waals surface area (Å²) in [7, 11) is 4.07. The van der Waals surface area contributed by atoms with Crippen LogP contribution in [-0.2, 0) is 14.3 Å². The lowest BCUT2D eigenvalue weighted by atomic mass is 10.0. The Labute approximate surface area is 203 Å². The Kier molecular flexibility index (Phi) is 7.06. The van der Waals surface area contributed by atoms with Crippen molar-refractivity contribution in [1.29, 1.82) is 0 Å². The molecule has 1 N–H and O–H groups in total. The topological polar surface area (TPSA) is 88.6 Å². The van der Waals surface area contributed by atoms with E-state index in [9.17, 15) is 14.4 Å². The van der Waals surface area contributed by atoms with E-state index in [0.29, 0.717) is 11.1 Å². The molecule has 2 heterocycles. The molecule has 2 aromatic carbocycles. The number of esters is 1. The third-order valence-electron chi connectivity index (χ3n) is 4.95. The first-order valence-corrected chi connectivity index (χ1v) is 13.1. The molecule has 2 unspecified atom stereocenters. The molecular weight excluding hydrogens is 478 g/mol. The molecule has 170 valence electrons. The Morgan fingerprint density at radius 1 is 1.09 bits per heavy atom. The van der Waals surface area contributed by atoms with Gasteiger partial charge in [0, 0.05) is 5.56 Å². The monoisotopic (exact) mass is 499 g/mol. The Balaban J connectivity index is 1.58. The first kappa shape index (κ1) is 23.3. The molecule has 1 aromatic heterocycles. The molecule has 0 bridgehead atoms. The molecular formula is C23H21N3O4S3. The van der Waals surface area contributed by atoms with E-state index >= 15 is 0 Å². The van der Waals surface area contributed by atoms with Gasteiger partial charge in [-0.1, -0.05) is 41.1 Å². The van der Waals surface area contributed by atoms with Crippen LogP contribution in [0.15, 0.2) is 70.2 Å². The molecule has 0 radical (unpaired) electrons. The van der Waals surface area contributed by atoms with E-state index < -0.39 is 17.4 Å². The zero-order chi connectivity index (χ0) is 23.5. The van der Waals surface area contributed by atoms with Gasteiger partial charge in [-0.15, -0.1) is 11.3 Å². The summed E-state index contributed by atoms with van der Waals surface area (Å²) in [5.41, 5.74) is 2.20. The van der Waals surface area contributed by atoms with Crippen LogP contribution in [0.25, 0.3) is 10.2 Å². The Bertz CT molecular complexity index is 1200. The van der Waals surface area contributed by atoms with E-state index in [2.05, 4.69) is 10.3 Å². The molecule has 4 rings (SSSR count). The van der Waals surface area contributed by atoms with Crippen LogP contribution in [-0.4, -0.2) is 46.2 Å². The van der Waals surface area contributed by atoms with Crippen LogP contribution in [0.1, 0.15) is 24.2 Å². The summed E-state index contributed by atoms with van der Waals surface area (Å²) in [5.74, 6) is -1.30. The smallest absolute Gasteiger partial charge is 0.354 e. The van der Waals surface area contributed by atoms with E-state index in [1.54, 1.807) is 49.4 Å². The standard InChI is InChI=1S/C23H21N3O4S3/c1-13(2)18(22(29)30-3)26-20(28)17(25-19(27)14-9-5-4-6-10-14)21(26)32-33-23-24-15-11-7-8-12-16(15)31-23/h4-12,17,21H,1-3H3,(H,25,27). The van der Waals surface area contributed by atoms with Gasteiger partial charge < -0.3 is 10.1 Å². The van der Waals surface area contributed by atoms with Crippen LogP contribution >= 0.6 is 32.9 Å². The number of ether oxygens (including phenoxy) is 1. The van der Waals surface area contributed by atoms with Gasteiger partial charge in [-0.2, -0.15) is 0 Å². The zero-order valence-electron chi connectivity index (χ0n) is 18.1. The van der Waals surface area contributed by atoms with Crippen molar-refractivity contribution in [1.82, 2.24) is 15.2 Å². The first-order valence-electron chi connectivity index (χ1n) is 10.0. The Morgan fingerprint density at radius 3 is 2.45 bits per heavy atom. The summed E-state index contributed by atoms with van der Waals surface area (Å²) in [6.07, 6.45) is 0. The summed E-state index contributed by atoms with van der Waals surface area (Å²) < 4.78 is 6.80. The maximum atomic E-state index is 13.1. The highest BCUT2D eigenvalue weighted by atomic mass is 33.1. The van der Waals surface area contributed by atoms with E-state index in [0.717, 1.165) is 14.6 Å². The minimum absolute atomic E-state index is 0.190. The average Bonchev–Trinajstić information content (AvgIpc) is 3.25. The molecule has 0 spiro atoms. The summed E-state index contributed by atoms with van der Waals surface area (Å²) in [6, 6.07) is 15.8. The summed E-state index contributed by atoms with van der Waals surface area (Å²) in [5, 5.41) is 2.31. The number of aromatic nitrogens is 1. The third-order valence-corrected chi connectivity index (χ3v) is 8.96. The summed E-state index contributed by atoms with van der Waals surface area (Å²) in [6.45, 7) is 3.50. The van der Waals surface area contributed by atoms with Gasteiger partial charge in [-0.3, -0.25) is 14.5 Å². The Hall–Kier alpha value is -2.82.